The molecule has 0 aliphatic carbocycles. The second-order valence-corrected chi connectivity index (χ2v) is 9.82. The second kappa shape index (κ2) is 8.95. The Balaban J connectivity index is 1.59. The number of aromatic hydroxyl groups is 1. The van der Waals surface area contributed by atoms with Crippen LogP contribution in [0.1, 0.15) is 36.2 Å². The predicted molar refractivity (Wildman–Crippen MR) is 135 cm³/mol. The molecule has 2 aromatic carbocycles. The van der Waals surface area contributed by atoms with Gasteiger partial charge in [0.25, 0.3) is 0 Å². The standard InChI is InChI=1S/C27H27ClN4O3/c1-3-10-29-11-5-12-31-16-23(34)32-25(17-6-4-7-19(33)13-17)24-21(15-27(32,2)26(31)35)20-14-18(28)8-9-22(20)30-24/h1,4,6-9,13-14,25,29-30,33H,5,10-12,15-16H2,2H3/t25-,27+/m1/s1. The number of phenolic OH excluding ortho intramolecular Hbond substituents is 1. The Labute approximate surface area is 209 Å². The number of nitrogens with one attached hydrogen (secondary N) is 2. The van der Waals surface area contributed by atoms with Crippen LogP contribution in [0.5, 0.6) is 5.75 Å². The SMILES string of the molecule is C#CCNCCCN1CC(=O)N2[C@H](c3cccc(O)c3)c3[nH]c4ccc(Cl)cc4c3C[C@@]2(C)C1=O. The molecule has 0 bridgehead atoms. The topological polar surface area (TPSA) is 88.7 Å². The Kier molecular flexibility index (Phi) is 5.96. The van der Waals surface area contributed by atoms with Crippen LogP contribution in [0.2, 0.25) is 5.02 Å². The molecule has 1 fully saturated rings. The van der Waals surface area contributed by atoms with Crippen LogP contribution in [0, 0.1) is 12.3 Å². The molecular formula is C27H27ClN4O3. The maximum Gasteiger partial charge on any atom is 0.249 e. The van der Waals surface area contributed by atoms with Crippen molar-refractivity contribution in [2.24, 2.45) is 0 Å². The van der Waals surface area contributed by atoms with Crippen molar-refractivity contribution in [3.8, 4) is 18.1 Å². The van der Waals surface area contributed by atoms with Crippen molar-refractivity contribution >= 4 is 34.3 Å². The molecule has 180 valence electrons. The fraction of sp³-hybridized carbons (Fsp3) is 0.333. The summed E-state index contributed by atoms with van der Waals surface area (Å²) in [7, 11) is 0. The third-order valence-corrected chi connectivity index (χ3v) is 7.26. The Bertz CT molecular complexity index is 1360. The molecule has 3 heterocycles. The molecule has 3 aromatic rings. The number of carbonyl (C=O) groups excluding carboxylic acids is 2. The molecule has 2 aliphatic heterocycles. The van der Waals surface area contributed by atoms with Crippen LogP contribution in [-0.4, -0.2) is 63.4 Å². The average Bonchev–Trinajstić information content (AvgIpc) is 3.17. The number of piperazine rings is 1. The molecule has 7 nitrogen and oxygen atoms in total. The lowest BCUT2D eigenvalue weighted by molar-refractivity contribution is -0.167. The molecule has 2 atom stereocenters. The smallest absolute Gasteiger partial charge is 0.249 e. The molecule has 0 saturated carbocycles. The van der Waals surface area contributed by atoms with E-state index in [1.807, 2.05) is 31.2 Å². The van der Waals surface area contributed by atoms with E-state index in [4.69, 9.17) is 18.0 Å². The summed E-state index contributed by atoms with van der Waals surface area (Å²) in [6, 6.07) is 12.0. The van der Waals surface area contributed by atoms with Gasteiger partial charge in [-0.25, -0.2) is 0 Å². The number of benzene rings is 2. The van der Waals surface area contributed by atoms with Gasteiger partial charge in [-0.15, -0.1) is 6.42 Å². The zero-order chi connectivity index (χ0) is 24.7. The summed E-state index contributed by atoms with van der Waals surface area (Å²) in [6.45, 7) is 3.46. The number of phenols is 1. The van der Waals surface area contributed by atoms with Crippen LogP contribution in [-0.2, 0) is 16.0 Å². The van der Waals surface area contributed by atoms with Gasteiger partial charge >= 0.3 is 0 Å². The van der Waals surface area contributed by atoms with Gasteiger partial charge in [-0.05, 0) is 61.3 Å². The van der Waals surface area contributed by atoms with Crippen molar-refractivity contribution in [2.75, 3.05) is 26.2 Å². The fourth-order valence-electron chi connectivity index (χ4n) is 5.50. The van der Waals surface area contributed by atoms with Crippen LogP contribution < -0.4 is 5.32 Å². The maximum atomic E-state index is 13.9. The lowest BCUT2D eigenvalue weighted by Gasteiger charge is -2.53. The highest BCUT2D eigenvalue weighted by atomic mass is 35.5. The number of H-pyrrole nitrogens is 1. The highest BCUT2D eigenvalue weighted by molar-refractivity contribution is 6.31. The van der Waals surface area contributed by atoms with Crippen LogP contribution in [0.15, 0.2) is 42.5 Å². The number of terminal acetylenes is 1. The van der Waals surface area contributed by atoms with Crippen LogP contribution >= 0.6 is 11.6 Å². The summed E-state index contributed by atoms with van der Waals surface area (Å²) < 4.78 is 0. The molecular weight excluding hydrogens is 464 g/mol. The number of amides is 2. The third-order valence-electron chi connectivity index (χ3n) is 7.02. The van der Waals surface area contributed by atoms with Gasteiger partial charge in [0.05, 0.1) is 19.1 Å². The molecule has 3 N–H and O–H groups in total. The van der Waals surface area contributed by atoms with E-state index in [2.05, 4.69) is 16.2 Å². The van der Waals surface area contributed by atoms with Crippen molar-refractivity contribution in [3.05, 3.63) is 64.3 Å². The zero-order valence-electron chi connectivity index (χ0n) is 19.5. The van der Waals surface area contributed by atoms with E-state index in [-0.39, 0.29) is 24.1 Å². The minimum absolute atomic E-state index is 0.0142. The number of hydrogen-bond acceptors (Lipinski definition) is 4. The molecule has 8 heteroatoms. The number of carbonyl (C=O) groups is 2. The molecule has 2 amide bonds. The average molecular weight is 491 g/mol. The fourth-order valence-corrected chi connectivity index (χ4v) is 5.68. The van der Waals surface area contributed by atoms with Gasteiger partial charge in [0, 0.05) is 34.6 Å². The largest absolute Gasteiger partial charge is 0.508 e. The molecule has 0 spiro atoms. The molecule has 0 radical (unpaired) electrons. The van der Waals surface area contributed by atoms with Gasteiger partial charge in [-0.2, -0.15) is 0 Å². The Morgan fingerprint density at radius 2 is 2.11 bits per heavy atom. The van der Waals surface area contributed by atoms with Crippen molar-refractivity contribution in [1.29, 1.82) is 0 Å². The molecule has 2 aliphatic rings. The Hall–Kier alpha value is -3.47. The van der Waals surface area contributed by atoms with Gasteiger partial charge < -0.3 is 25.2 Å². The van der Waals surface area contributed by atoms with Gasteiger partial charge in [0.2, 0.25) is 11.8 Å². The molecule has 0 unspecified atom stereocenters. The van der Waals surface area contributed by atoms with Gasteiger partial charge in [-0.3, -0.25) is 9.59 Å². The first-order valence-corrected chi connectivity index (χ1v) is 12.1. The number of nitrogens with zero attached hydrogens (tertiary/aromatic N) is 2. The number of halogens is 1. The van der Waals surface area contributed by atoms with Gasteiger partial charge in [0.15, 0.2) is 0 Å². The number of fused-ring (bicyclic) bond motifs is 4. The van der Waals surface area contributed by atoms with E-state index in [0.29, 0.717) is 37.5 Å². The van der Waals surface area contributed by atoms with Crippen LogP contribution in [0.25, 0.3) is 10.9 Å². The van der Waals surface area contributed by atoms with Crippen molar-refractivity contribution in [3.63, 3.8) is 0 Å². The molecule has 1 saturated heterocycles. The number of rotatable bonds is 6. The quantitative estimate of drug-likeness (QED) is 0.365. The lowest BCUT2D eigenvalue weighted by Crippen LogP contribution is -2.69. The Morgan fingerprint density at radius 3 is 2.89 bits per heavy atom. The highest BCUT2D eigenvalue weighted by Gasteiger charge is 2.55. The van der Waals surface area contributed by atoms with Gasteiger partial charge in [0.1, 0.15) is 11.3 Å². The Morgan fingerprint density at radius 1 is 1.29 bits per heavy atom. The van der Waals surface area contributed by atoms with Crippen LogP contribution in [0.4, 0.5) is 0 Å². The highest BCUT2D eigenvalue weighted by Crippen LogP contribution is 2.47. The summed E-state index contributed by atoms with van der Waals surface area (Å²) in [5.74, 6) is 2.43. The summed E-state index contributed by atoms with van der Waals surface area (Å²) in [5, 5.41) is 14.9. The number of hydrogen-bond donors (Lipinski definition) is 3. The summed E-state index contributed by atoms with van der Waals surface area (Å²) in [6.07, 6.45) is 6.34. The molecule has 1 aromatic heterocycles. The normalized spacial score (nSPS) is 21.7. The summed E-state index contributed by atoms with van der Waals surface area (Å²) in [4.78, 5) is 34.4. The van der Waals surface area contributed by atoms with Crippen LogP contribution in [0.3, 0.4) is 0 Å². The van der Waals surface area contributed by atoms with E-state index < -0.39 is 11.6 Å². The first kappa shape index (κ1) is 23.3. The molecule has 35 heavy (non-hydrogen) atoms. The van der Waals surface area contributed by atoms with E-state index in [1.54, 1.807) is 28.0 Å². The van der Waals surface area contributed by atoms with Crippen molar-refractivity contribution in [1.82, 2.24) is 20.1 Å². The summed E-state index contributed by atoms with van der Waals surface area (Å²) >= 11 is 6.33. The first-order chi connectivity index (χ1) is 16.8. The van der Waals surface area contributed by atoms with E-state index in [0.717, 1.165) is 27.7 Å². The monoisotopic (exact) mass is 490 g/mol. The minimum atomic E-state index is -1.08. The zero-order valence-corrected chi connectivity index (χ0v) is 20.2. The van der Waals surface area contributed by atoms with E-state index in [1.165, 1.54) is 0 Å². The maximum absolute atomic E-state index is 13.9. The van der Waals surface area contributed by atoms with E-state index >= 15 is 0 Å². The lowest BCUT2D eigenvalue weighted by atomic mass is 9.78. The number of aromatic nitrogens is 1. The molecule has 5 rings (SSSR count). The minimum Gasteiger partial charge on any atom is -0.508 e. The number of aromatic amines is 1. The second-order valence-electron chi connectivity index (χ2n) is 9.38. The summed E-state index contributed by atoms with van der Waals surface area (Å²) in [5.41, 5.74) is 2.36. The van der Waals surface area contributed by atoms with Crippen molar-refractivity contribution in [2.45, 2.75) is 31.3 Å². The third kappa shape index (κ3) is 3.93. The van der Waals surface area contributed by atoms with Crippen molar-refractivity contribution < 1.29 is 14.7 Å². The van der Waals surface area contributed by atoms with Gasteiger partial charge in [-0.1, -0.05) is 29.7 Å². The predicted octanol–water partition coefficient (Wildman–Crippen LogP) is 3.21. The van der Waals surface area contributed by atoms with E-state index in [9.17, 15) is 14.7 Å². The first-order valence-electron chi connectivity index (χ1n) is 11.7.